The summed E-state index contributed by atoms with van der Waals surface area (Å²) < 4.78 is 0. The van der Waals surface area contributed by atoms with Crippen molar-refractivity contribution in [2.45, 2.75) is 26.8 Å². The van der Waals surface area contributed by atoms with Gasteiger partial charge in [0.2, 0.25) is 0 Å². The van der Waals surface area contributed by atoms with Crippen molar-refractivity contribution in [2.24, 2.45) is 0 Å². The molecule has 5 nitrogen and oxygen atoms in total. The summed E-state index contributed by atoms with van der Waals surface area (Å²) in [6, 6.07) is 14.2. The molecule has 0 unspecified atom stereocenters. The van der Waals surface area contributed by atoms with Gasteiger partial charge in [0, 0.05) is 11.6 Å². The van der Waals surface area contributed by atoms with Gasteiger partial charge in [-0.1, -0.05) is 29.8 Å². The fourth-order valence-corrected chi connectivity index (χ4v) is 2.45. The summed E-state index contributed by atoms with van der Waals surface area (Å²) in [7, 11) is 0. The van der Waals surface area contributed by atoms with Crippen LogP contribution in [0.3, 0.4) is 0 Å². The molecule has 0 heterocycles. The van der Waals surface area contributed by atoms with Gasteiger partial charge in [-0.2, -0.15) is 0 Å². The molecule has 2 aromatic carbocycles. The molecule has 0 aromatic heterocycles. The minimum Gasteiger partial charge on any atom is -0.350 e. The minimum absolute atomic E-state index is 0.0218. The molecular formula is C19H21N3O2S. The van der Waals surface area contributed by atoms with Crippen LogP contribution in [0.2, 0.25) is 0 Å². The first-order valence-corrected chi connectivity index (χ1v) is 8.36. The Morgan fingerprint density at radius 3 is 2.40 bits per heavy atom. The van der Waals surface area contributed by atoms with Crippen LogP contribution < -0.4 is 16.0 Å². The van der Waals surface area contributed by atoms with E-state index in [4.69, 9.17) is 12.2 Å². The van der Waals surface area contributed by atoms with E-state index in [9.17, 15) is 9.59 Å². The second-order valence-corrected chi connectivity index (χ2v) is 6.36. The lowest BCUT2D eigenvalue weighted by molar-refractivity contribution is 0.0942. The maximum Gasteiger partial charge on any atom is 0.257 e. The van der Waals surface area contributed by atoms with Gasteiger partial charge in [0.05, 0.1) is 11.3 Å². The lowest BCUT2D eigenvalue weighted by Gasteiger charge is -2.14. The quantitative estimate of drug-likeness (QED) is 0.736. The predicted molar refractivity (Wildman–Crippen MR) is 104 cm³/mol. The first-order valence-electron chi connectivity index (χ1n) is 7.95. The molecule has 6 heteroatoms. The first-order chi connectivity index (χ1) is 11.9. The van der Waals surface area contributed by atoms with Crippen LogP contribution in [0.25, 0.3) is 0 Å². The highest BCUT2D eigenvalue weighted by Crippen LogP contribution is 2.15. The van der Waals surface area contributed by atoms with E-state index < -0.39 is 0 Å². The van der Waals surface area contributed by atoms with Crippen LogP contribution in [0.1, 0.15) is 40.1 Å². The topological polar surface area (TPSA) is 70.2 Å². The van der Waals surface area contributed by atoms with Crippen molar-refractivity contribution in [1.82, 2.24) is 10.6 Å². The third kappa shape index (κ3) is 5.39. The number of rotatable bonds is 4. The molecule has 2 amide bonds. The third-order valence-electron chi connectivity index (χ3n) is 3.35. The van der Waals surface area contributed by atoms with Crippen LogP contribution in [-0.4, -0.2) is 23.0 Å². The maximum absolute atomic E-state index is 12.3. The Morgan fingerprint density at radius 1 is 1.00 bits per heavy atom. The molecule has 0 aliphatic heterocycles. The summed E-state index contributed by atoms with van der Waals surface area (Å²) in [6.07, 6.45) is 0. The molecule has 0 saturated heterocycles. The number of thiocarbonyl (C=S) groups is 1. The zero-order valence-electron chi connectivity index (χ0n) is 14.4. The fraction of sp³-hybridized carbons (Fsp3) is 0.211. The zero-order chi connectivity index (χ0) is 18.4. The molecule has 0 saturated carbocycles. The Labute approximate surface area is 152 Å². The maximum atomic E-state index is 12.3. The number of amides is 2. The van der Waals surface area contributed by atoms with Crippen molar-refractivity contribution in [3.63, 3.8) is 0 Å². The Kier molecular flexibility index (Phi) is 6.25. The SMILES string of the molecule is Cc1cccc(C(=O)NC(=S)Nc2ccccc2C(=O)NC(C)C)c1. The summed E-state index contributed by atoms with van der Waals surface area (Å²) in [6.45, 7) is 5.69. The van der Waals surface area contributed by atoms with Gasteiger partial charge >= 0.3 is 0 Å². The smallest absolute Gasteiger partial charge is 0.257 e. The van der Waals surface area contributed by atoms with Gasteiger partial charge in [-0.15, -0.1) is 0 Å². The average molecular weight is 355 g/mol. The van der Waals surface area contributed by atoms with Crippen LogP contribution in [-0.2, 0) is 0 Å². The lowest BCUT2D eigenvalue weighted by Crippen LogP contribution is -2.35. The molecule has 2 rings (SSSR count). The second-order valence-electron chi connectivity index (χ2n) is 5.95. The molecule has 0 aliphatic rings. The van der Waals surface area contributed by atoms with Crippen molar-refractivity contribution in [2.75, 3.05) is 5.32 Å². The van der Waals surface area contributed by atoms with Crippen molar-refractivity contribution in [3.05, 3.63) is 65.2 Å². The van der Waals surface area contributed by atoms with Crippen LogP contribution in [0.4, 0.5) is 5.69 Å². The monoisotopic (exact) mass is 355 g/mol. The standard InChI is InChI=1S/C19H21N3O2S/c1-12(2)20-18(24)15-9-4-5-10-16(15)21-19(25)22-17(23)14-8-6-7-13(3)11-14/h4-12H,1-3H3,(H,20,24)(H2,21,22,23,25). The Balaban J connectivity index is 2.08. The molecule has 0 spiro atoms. The van der Waals surface area contributed by atoms with Crippen LogP contribution in [0, 0.1) is 6.92 Å². The van der Waals surface area contributed by atoms with Gasteiger partial charge in [-0.25, -0.2) is 0 Å². The van der Waals surface area contributed by atoms with E-state index in [0.717, 1.165) is 5.56 Å². The lowest BCUT2D eigenvalue weighted by atomic mass is 10.1. The number of hydrogen-bond acceptors (Lipinski definition) is 3. The van der Waals surface area contributed by atoms with E-state index in [0.29, 0.717) is 16.8 Å². The van der Waals surface area contributed by atoms with Crippen LogP contribution in [0.5, 0.6) is 0 Å². The molecule has 0 aliphatic carbocycles. The minimum atomic E-state index is -0.301. The highest BCUT2D eigenvalue weighted by Gasteiger charge is 2.14. The zero-order valence-corrected chi connectivity index (χ0v) is 15.2. The molecule has 0 atom stereocenters. The summed E-state index contributed by atoms with van der Waals surface area (Å²) >= 11 is 5.20. The highest BCUT2D eigenvalue weighted by atomic mass is 32.1. The van der Waals surface area contributed by atoms with Crippen LogP contribution in [0.15, 0.2) is 48.5 Å². The second kappa shape index (κ2) is 8.39. The van der Waals surface area contributed by atoms with E-state index in [1.165, 1.54) is 0 Å². The molecular weight excluding hydrogens is 334 g/mol. The van der Waals surface area contributed by atoms with E-state index in [2.05, 4.69) is 16.0 Å². The largest absolute Gasteiger partial charge is 0.350 e. The van der Waals surface area contributed by atoms with Gasteiger partial charge in [0.15, 0.2) is 5.11 Å². The predicted octanol–water partition coefficient (Wildman–Crippen LogP) is 3.26. The molecule has 130 valence electrons. The molecule has 0 radical (unpaired) electrons. The highest BCUT2D eigenvalue weighted by molar-refractivity contribution is 7.80. The van der Waals surface area contributed by atoms with Gasteiger partial charge in [-0.3, -0.25) is 14.9 Å². The van der Waals surface area contributed by atoms with E-state index >= 15 is 0 Å². The van der Waals surface area contributed by atoms with Crippen molar-refractivity contribution in [1.29, 1.82) is 0 Å². The number of benzene rings is 2. The van der Waals surface area contributed by atoms with E-state index in [-0.39, 0.29) is 23.0 Å². The molecule has 2 aromatic rings. The number of carbonyl (C=O) groups excluding carboxylic acids is 2. The first kappa shape index (κ1) is 18.6. The van der Waals surface area contributed by atoms with Crippen LogP contribution >= 0.6 is 12.2 Å². The molecule has 0 fully saturated rings. The number of nitrogens with one attached hydrogen (secondary N) is 3. The number of carbonyl (C=O) groups is 2. The number of hydrogen-bond donors (Lipinski definition) is 3. The summed E-state index contributed by atoms with van der Waals surface area (Å²) in [4.78, 5) is 24.5. The summed E-state index contributed by atoms with van der Waals surface area (Å²) in [5.74, 6) is -0.503. The van der Waals surface area contributed by atoms with Gasteiger partial charge in [0.25, 0.3) is 11.8 Å². The Bertz CT molecular complexity index is 803. The van der Waals surface area contributed by atoms with Crippen molar-refractivity contribution < 1.29 is 9.59 Å². The average Bonchev–Trinajstić information content (AvgIpc) is 2.54. The van der Waals surface area contributed by atoms with Crippen molar-refractivity contribution in [3.8, 4) is 0 Å². The molecule has 25 heavy (non-hydrogen) atoms. The summed E-state index contributed by atoms with van der Waals surface area (Å²) in [5, 5.41) is 8.52. The summed E-state index contributed by atoms with van der Waals surface area (Å²) in [5.41, 5.74) is 2.51. The number of para-hydroxylation sites is 1. The number of anilines is 1. The fourth-order valence-electron chi connectivity index (χ4n) is 2.25. The van der Waals surface area contributed by atoms with E-state index in [1.807, 2.05) is 32.9 Å². The molecule has 3 N–H and O–H groups in total. The van der Waals surface area contributed by atoms with Gasteiger partial charge in [-0.05, 0) is 57.3 Å². The third-order valence-corrected chi connectivity index (χ3v) is 3.55. The molecule has 0 bridgehead atoms. The van der Waals surface area contributed by atoms with Crippen molar-refractivity contribution >= 4 is 34.8 Å². The van der Waals surface area contributed by atoms with Gasteiger partial charge < -0.3 is 10.6 Å². The van der Waals surface area contributed by atoms with Gasteiger partial charge in [0.1, 0.15) is 0 Å². The number of aryl methyl sites for hydroxylation is 1. The Morgan fingerprint density at radius 2 is 1.72 bits per heavy atom. The van der Waals surface area contributed by atoms with E-state index in [1.54, 1.807) is 36.4 Å². The Hall–Kier alpha value is -2.73. The normalized spacial score (nSPS) is 10.2.